The Kier molecular flexibility index (Phi) is 4.36. The van der Waals surface area contributed by atoms with E-state index in [2.05, 4.69) is 22.2 Å². The van der Waals surface area contributed by atoms with Gasteiger partial charge >= 0.3 is 0 Å². The van der Waals surface area contributed by atoms with Crippen molar-refractivity contribution in [2.75, 3.05) is 6.54 Å². The van der Waals surface area contributed by atoms with E-state index in [1.807, 2.05) is 18.3 Å². The minimum Gasteiger partial charge on any atom is -0.508 e. The Morgan fingerprint density at radius 1 is 1.33 bits per heavy atom. The molecule has 0 bridgehead atoms. The number of phenols is 1. The molecular formula is C14H19N3O. The van der Waals surface area contributed by atoms with Crippen molar-refractivity contribution in [1.29, 1.82) is 0 Å². The van der Waals surface area contributed by atoms with Crippen LogP contribution in [0.1, 0.15) is 18.2 Å². The molecule has 0 fully saturated rings. The molecule has 1 unspecified atom stereocenters. The van der Waals surface area contributed by atoms with Crippen LogP contribution in [0.5, 0.6) is 5.75 Å². The maximum absolute atomic E-state index is 9.21. The quantitative estimate of drug-likeness (QED) is 0.728. The molecular weight excluding hydrogens is 226 g/mol. The van der Waals surface area contributed by atoms with Crippen LogP contribution in [0.25, 0.3) is 0 Å². The number of hydrogen-bond acceptors (Lipinski definition) is 3. The highest BCUT2D eigenvalue weighted by molar-refractivity contribution is 5.26. The van der Waals surface area contributed by atoms with Crippen LogP contribution < -0.4 is 5.32 Å². The fourth-order valence-electron chi connectivity index (χ4n) is 1.93. The van der Waals surface area contributed by atoms with Crippen LogP contribution in [0.3, 0.4) is 0 Å². The first kappa shape index (κ1) is 12.6. The van der Waals surface area contributed by atoms with Crippen LogP contribution in [0.15, 0.2) is 36.8 Å². The summed E-state index contributed by atoms with van der Waals surface area (Å²) < 4.78 is 0. The zero-order chi connectivity index (χ0) is 12.8. The van der Waals surface area contributed by atoms with Crippen molar-refractivity contribution in [2.45, 2.75) is 25.8 Å². The van der Waals surface area contributed by atoms with E-state index < -0.39 is 0 Å². The van der Waals surface area contributed by atoms with E-state index in [0.717, 1.165) is 25.1 Å². The molecule has 2 aromatic rings. The molecule has 1 aromatic carbocycles. The van der Waals surface area contributed by atoms with Crippen molar-refractivity contribution < 1.29 is 5.11 Å². The maximum atomic E-state index is 9.21. The summed E-state index contributed by atoms with van der Waals surface area (Å²) in [6, 6.07) is 7.79. The SMILES string of the molecule is CC(Cc1ccc(O)cc1)NCCc1cnc[nH]1. The number of H-pyrrole nitrogens is 1. The van der Waals surface area contributed by atoms with E-state index in [-0.39, 0.29) is 0 Å². The third kappa shape index (κ3) is 3.89. The predicted octanol–water partition coefficient (Wildman–Crippen LogP) is 1.88. The lowest BCUT2D eigenvalue weighted by Crippen LogP contribution is -2.30. The molecule has 0 spiro atoms. The molecule has 0 amide bonds. The van der Waals surface area contributed by atoms with E-state index >= 15 is 0 Å². The number of nitrogens with zero attached hydrogens (tertiary/aromatic N) is 1. The van der Waals surface area contributed by atoms with Gasteiger partial charge in [0.05, 0.1) is 6.33 Å². The summed E-state index contributed by atoms with van der Waals surface area (Å²) in [7, 11) is 0. The van der Waals surface area contributed by atoms with Gasteiger partial charge in [0.2, 0.25) is 0 Å². The highest BCUT2D eigenvalue weighted by Crippen LogP contribution is 2.11. The molecule has 2 rings (SSSR count). The number of benzene rings is 1. The van der Waals surface area contributed by atoms with Crippen LogP contribution >= 0.6 is 0 Å². The lowest BCUT2D eigenvalue weighted by molar-refractivity contribution is 0.474. The molecule has 1 heterocycles. The number of aromatic nitrogens is 2. The molecule has 0 saturated carbocycles. The molecule has 3 N–H and O–H groups in total. The topological polar surface area (TPSA) is 60.9 Å². The summed E-state index contributed by atoms with van der Waals surface area (Å²) in [6.07, 6.45) is 5.48. The largest absolute Gasteiger partial charge is 0.508 e. The molecule has 96 valence electrons. The number of imidazole rings is 1. The van der Waals surface area contributed by atoms with Gasteiger partial charge in [-0.2, -0.15) is 0 Å². The van der Waals surface area contributed by atoms with Crippen molar-refractivity contribution in [3.05, 3.63) is 48.0 Å². The molecule has 4 nitrogen and oxygen atoms in total. The molecule has 0 aliphatic carbocycles. The fourth-order valence-corrected chi connectivity index (χ4v) is 1.93. The van der Waals surface area contributed by atoms with Crippen molar-refractivity contribution in [2.24, 2.45) is 0 Å². The Hall–Kier alpha value is -1.81. The Balaban J connectivity index is 1.71. The van der Waals surface area contributed by atoms with Gasteiger partial charge in [0.25, 0.3) is 0 Å². The zero-order valence-corrected chi connectivity index (χ0v) is 10.6. The van der Waals surface area contributed by atoms with E-state index in [9.17, 15) is 5.11 Å². The maximum Gasteiger partial charge on any atom is 0.115 e. The van der Waals surface area contributed by atoms with Crippen molar-refractivity contribution in [1.82, 2.24) is 15.3 Å². The van der Waals surface area contributed by atoms with Gasteiger partial charge in [0.15, 0.2) is 0 Å². The second-order valence-corrected chi connectivity index (χ2v) is 4.55. The summed E-state index contributed by atoms with van der Waals surface area (Å²) in [5.74, 6) is 0.318. The summed E-state index contributed by atoms with van der Waals surface area (Å²) >= 11 is 0. The van der Waals surface area contributed by atoms with Gasteiger partial charge in [-0.25, -0.2) is 4.98 Å². The molecule has 4 heteroatoms. The second kappa shape index (κ2) is 6.21. The lowest BCUT2D eigenvalue weighted by Gasteiger charge is -2.13. The smallest absolute Gasteiger partial charge is 0.115 e. The Morgan fingerprint density at radius 3 is 2.78 bits per heavy atom. The van der Waals surface area contributed by atoms with Crippen molar-refractivity contribution in [3.63, 3.8) is 0 Å². The predicted molar refractivity (Wildman–Crippen MR) is 71.6 cm³/mol. The van der Waals surface area contributed by atoms with Gasteiger partial charge in [-0.1, -0.05) is 12.1 Å². The third-order valence-corrected chi connectivity index (χ3v) is 2.92. The van der Waals surface area contributed by atoms with Gasteiger partial charge in [-0.05, 0) is 31.0 Å². The number of nitrogens with one attached hydrogen (secondary N) is 2. The van der Waals surface area contributed by atoms with E-state index in [1.54, 1.807) is 18.5 Å². The number of rotatable bonds is 6. The fraction of sp³-hybridized carbons (Fsp3) is 0.357. The Labute approximate surface area is 107 Å². The van der Waals surface area contributed by atoms with E-state index in [1.165, 1.54) is 5.56 Å². The van der Waals surface area contributed by atoms with Crippen LogP contribution in [0.4, 0.5) is 0 Å². The van der Waals surface area contributed by atoms with Crippen LogP contribution in [-0.4, -0.2) is 27.7 Å². The van der Waals surface area contributed by atoms with Crippen LogP contribution in [0.2, 0.25) is 0 Å². The van der Waals surface area contributed by atoms with Gasteiger partial charge < -0.3 is 15.4 Å². The summed E-state index contributed by atoms with van der Waals surface area (Å²) in [4.78, 5) is 7.08. The number of aromatic hydroxyl groups is 1. The molecule has 0 radical (unpaired) electrons. The monoisotopic (exact) mass is 245 g/mol. The molecule has 18 heavy (non-hydrogen) atoms. The van der Waals surface area contributed by atoms with Crippen LogP contribution in [-0.2, 0) is 12.8 Å². The normalized spacial score (nSPS) is 12.5. The average molecular weight is 245 g/mol. The summed E-state index contributed by atoms with van der Waals surface area (Å²) in [5.41, 5.74) is 2.38. The third-order valence-electron chi connectivity index (χ3n) is 2.92. The average Bonchev–Trinajstić information content (AvgIpc) is 2.85. The number of phenolic OH excluding ortho intramolecular Hbond substituents is 1. The summed E-state index contributed by atoms with van der Waals surface area (Å²) in [5, 5.41) is 12.7. The van der Waals surface area contributed by atoms with Crippen molar-refractivity contribution in [3.8, 4) is 5.75 Å². The highest BCUT2D eigenvalue weighted by atomic mass is 16.3. The molecule has 0 saturated heterocycles. The zero-order valence-electron chi connectivity index (χ0n) is 10.6. The number of aromatic amines is 1. The minimum atomic E-state index is 0.318. The Bertz CT molecular complexity index is 450. The van der Waals surface area contributed by atoms with Gasteiger partial charge in [0, 0.05) is 30.9 Å². The molecule has 0 aliphatic heterocycles. The van der Waals surface area contributed by atoms with Gasteiger partial charge in [-0.3, -0.25) is 0 Å². The lowest BCUT2D eigenvalue weighted by atomic mass is 10.1. The summed E-state index contributed by atoms with van der Waals surface area (Å²) in [6.45, 7) is 3.10. The first-order valence-electron chi connectivity index (χ1n) is 6.22. The number of hydrogen-bond donors (Lipinski definition) is 3. The minimum absolute atomic E-state index is 0.318. The standard InChI is InChI=1S/C14H19N3O/c1-11(8-12-2-4-14(18)5-3-12)16-7-6-13-9-15-10-17-13/h2-5,9-11,16,18H,6-8H2,1H3,(H,15,17). The van der Waals surface area contributed by atoms with E-state index in [0.29, 0.717) is 11.8 Å². The van der Waals surface area contributed by atoms with Crippen molar-refractivity contribution >= 4 is 0 Å². The Morgan fingerprint density at radius 2 is 2.11 bits per heavy atom. The first-order valence-corrected chi connectivity index (χ1v) is 6.22. The van der Waals surface area contributed by atoms with Crippen LogP contribution in [0, 0.1) is 0 Å². The molecule has 1 atom stereocenters. The van der Waals surface area contributed by atoms with Gasteiger partial charge in [-0.15, -0.1) is 0 Å². The highest BCUT2D eigenvalue weighted by Gasteiger charge is 2.03. The first-order chi connectivity index (χ1) is 8.74. The molecule has 1 aromatic heterocycles. The van der Waals surface area contributed by atoms with E-state index in [4.69, 9.17) is 0 Å². The molecule has 0 aliphatic rings. The second-order valence-electron chi connectivity index (χ2n) is 4.55. The van der Waals surface area contributed by atoms with Gasteiger partial charge in [0.1, 0.15) is 5.75 Å².